The zero-order chi connectivity index (χ0) is 13.7. The number of para-hydroxylation sites is 2. The molecule has 0 unspecified atom stereocenters. The van der Waals surface area contributed by atoms with Crippen molar-refractivity contribution in [2.75, 3.05) is 5.43 Å². The number of nitro benzene ring substituents is 1. The van der Waals surface area contributed by atoms with Crippen LogP contribution in [0.3, 0.4) is 0 Å². The molecule has 0 spiro atoms. The Balaban J connectivity index is 2.07. The van der Waals surface area contributed by atoms with E-state index in [0.717, 1.165) is 0 Å². The van der Waals surface area contributed by atoms with E-state index in [1.165, 1.54) is 24.5 Å². The van der Waals surface area contributed by atoms with Gasteiger partial charge < -0.3 is 10.2 Å². The second kappa shape index (κ2) is 5.74. The highest BCUT2D eigenvalue weighted by Crippen LogP contribution is 2.26. The lowest BCUT2D eigenvalue weighted by molar-refractivity contribution is -0.385. The van der Waals surface area contributed by atoms with Crippen LogP contribution in [-0.4, -0.2) is 14.9 Å². The van der Waals surface area contributed by atoms with Crippen molar-refractivity contribution >= 4 is 11.5 Å². The van der Waals surface area contributed by atoms with E-state index in [0.29, 0.717) is 11.5 Å². The Morgan fingerprint density at radius 2 is 2.11 bits per heavy atom. The maximum Gasteiger partial charge on any atom is 0.310 e. The Morgan fingerprint density at radius 1 is 1.32 bits per heavy atom. The minimum Gasteiger partial charge on any atom is -0.480 e. The summed E-state index contributed by atoms with van der Waals surface area (Å²) in [4.78, 5) is 18.3. The highest BCUT2D eigenvalue weighted by molar-refractivity contribution is 5.45. The second-order valence-electron chi connectivity index (χ2n) is 3.55. The minimum atomic E-state index is -0.498. The molecule has 0 fully saturated rings. The van der Waals surface area contributed by atoms with Gasteiger partial charge in [0.2, 0.25) is 0 Å². The molecule has 19 heavy (non-hydrogen) atoms. The van der Waals surface area contributed by atoms with E-state index in [-0.39, 0.29) is 18.0 Å². The third-order valence-electron chi connectivity index (χ3n) is 2.29. The molecule has 1 aromatic heterocycles. The quantitative estimate of drug-likeness (QED) is 0.472. The molecule has 98 valence electrons. The molecule has 0 radical (unpaired) electrons. The van der Waals surface area contributed by atoms with Crippen molar-refractivity contribution in [3.8, 4) is 5.75 Å². The number of rotatable bonds is 5. The molecule has 0 saturated heterocycles. The van der Waals surface area contributed by atoms with E-state index in [9.17, 15) is 10.1 Å². The minimum absolute atomic E-state index is 0.0860. The standard InChI is InChI=1S/C11H11N5O3/c12-15-11-6-13-8(5-14-11)7-19-10-4-2-1-3-9(10)16(17)18/h1-6H,7,12H2,(H,14,15). The van der Waals surface area contributed by atoms with Gasteiger partial charge in [-0.15, -0.1) is 0 Å². The highest BCUT2D eigenvalue weighted by Gasteiger charge is 2.13. The average Bonchev–Trinajstić information content (AvgIpc) is 2.46. The molecule has 2 aromatic rings. The van der Waals surface area contributed by atoms with Gasteiger partial charge >= 0.3 is 5.69 Å². The molecule has 1 heterocycles. The van der Waals surface area contributed by atoms with Crippen molar-refractivity contribution in [3.63, 3.8) is 0 Å². The van der Waals surface area contributed by atoms with Crippen molar-refractivity contribution in [3.05, 3.63) is 52.5 Å². The van der Waals surface area contributed by atoms with Gasteiger partial charge in [0.15, 0.2) is 11.6 Å². The van der Waals surface area contributed by atoms with Gasteiger partial charge in [-0.3, -0.25) is 15.1 Å². The molecule has 0 aliphatic rings. The Morgan fingerprint density at radius 3 is 2.74 bits per heavy atom. The van der Waals surface area contributed by atoms with Gasteiger partial charge in [0.05, 0.1) is 23.0 Å². The van der Waals surface area contributed by atoms with Gasteiger partial charge in [-0.2, -0.15) is 0 Å². The lowest BCUT2D eigenvalue weighted by atomic mass is 10.3. The van der Waals surface area contributed by atoms with Crippen LogP contribution in [0, 0.1) is 10.1 Å². The van der Waals surface area contributed by atoms with Crippen LogP contribution in [0.4, 0.5) is 11.5 Å². The molecule has 8 heteroatoms. The number of ether oxygens (including phenoxy) is 1. The number of nitrogen functional groups attached to an aromatic ring is 1. The molecular formula is C11H11N5O3. The van der Waals surface area contributed by atoms with Crippen LogP contribution in [0.1, 0.15) is 5.69 Å². The molecular weight excluding hydrogens is 250 g/mol. The normalized spacial score (nSPS) is 9.95. The highest BCUT2D eigenvalue weighted by atomic mass is 16.6. The van der Waals surface area contributed by atoms with Crippen LogP contribution in [0.25, 0.3) is 0 Å². The van der Waals surface area contributed by atoms with E-state index >= 15 is 0 Å². The first-order valence-corrected chi connectivity index (χ1v) is 5.34. The van der Waals surface area contributed by atoms with Crippen molar-refractivity contribution in [2.24, 2.45) is 5.84 Å². The molecule has 0 saturated carbocycles. The Hall–Kier alpha value is -2.74. The molecule has 2 rings (SSSR count). The van der Waals surface area contributed by atoms with Gasteiger partial charge in [-0.05, 0) is 6.07 Å². The number of nitro groups is 1. The third-order valence-corrected chi connectivity index (χ3v) is 2.29. The van der Waals surface area contributed by atoms with Crippen LogP contribution in [-0.2, 0) is 6.61 Å². The van der Waals surface area contributed by atoms with Gasteiger partial charge in [0, 0.05) is 6.07 Å². The summed E-state index contributed by atoms with van der Waals surface area (Å²) in [5.41, 5.74) is 2.80. The van der Waals surface area contributed by atoms with Crippen LogP contribution >= 0.6 is 0 Å². The lowest BCUT2D eigenvalue weighted by Crippen LogP contribution is -2.09. The Kier molecular flexibility index (Phi) is 3.84. The maximum absolute atomic E-state index is 10.8. The van der Waals surface area contributed by atoms with Crippen LogP contribution in [0.2, 0.25) is 0 Å². The van der Waals surface area contributed by atoms with E-state index in [4.69, 9.17) is 10.6 Å². The number of benzene rings is 1. The van der Waals surface area contributed by atoms with E-state index in [1.807, 2.05) is 0 Å². The van der Waals surface area contributed by atoms with Crippen molar-refractivity contribution in [1.29, 1.82) is 0 Å². The summed E-state index contributed by atoms with van der Waals surface area (Å²) in [6, 6.07) is 6.14. The first-order valence-electron chi connectivity index (χ1n) is 5.34. The fourth-order valence-electron chi connectivity index (χ4n) is 1.39. The van der Waals surface area contributed by atoms with Gasteiger partial charge in [-0.1, -0.05) is 12.1 Å². The summed E-state index contributed by atoms with van der Waals surface area (Å²) >= 11 is 0. The summed E-state index contributed by atoms with van der Waals surface area (Å²) in [6.07, 6.45) is 2.92. The van der Waals surface area contributed by atoms with E-state index in [2.05, 4.69) is 15.4 Å². The van der Waals surface area contributed by atoms with Crippen molar-refractivity contribution in [1.82, 2.24) is 9.97 Å². The zero-order valence-corrected chi connectivity index (χ0v) is 9.81. The number of anilines is 1. The number of hydrogen-bond acceptors (Lipinski definition) is 7. The fraction of sp³-hybridized carbons (Fsp3) is 0.0909. The van der Waals surface area contributed by atoms with Crippen LogP contribution in [0.15, 0.2) is 36.7 Å². The van der Waals surface area contributed by atoms with E-state index < -0.39 is 4.92 Å². The molecule has 0 amide bonds. The summed E-state index contributed by atoms with van der Waals surface area (Å²) < 4.78 is 5.36. The molecule has 0 atom stereocenters. The SMILES string of the molecule is NNc1cnc(COc2ccccc2[N+](=O)[O-])cn1. The number of nitrogens with two attached hydrogens (primary N) is 1. The average molecular weight is 261 g/mol. The first kappa shape index (κ1) is 12.7. The maximum atomic E-state index is 10.8. The molecule has 8 nitrogen and oxygen atoms in total. The van der Waals surface area contributed by atoms with Crippen molar-refractivity contribution in [2.45, 2.75) is 6.61 Å². The summed E-state index contributed by atoms with van der Waals surface area (Å²) in [6.45, 7) is 0.0860. The van der Waals surface area contributed by atoms with Crippen molar-refractivity contribution < 1.29 is 9.66 Å². The fourth-order valence-corrected chi connectivity index (χ4v) is 1.39. The summed E-state index contributed by atoms with van der Waals surface area (Å²) in [5, 5.41) is 10.8. The van der Waals surface area contributed by atoms with Gasteiger partial charge in [-0.25, -0.2) is 10.8 Å². The van der Waals surface area contributed by atoms with E-state index in [1.54, 1.807) is 12.1 Å². The number of nitrogens with one attached hydrogen (secondary N) is 1. The molecule has 1 aromatic carbocycles. The molecule has 0 bridgehead atoms. The number of hydrazine groups is 1. The monoisotopic (exact) mass is 261 g/mol. The van der Waals surface area contributed by atoms with Gasteiger partial charge in [0.1, 0.15) is 6.61 Å². The zero-order valence-electron chi connectivity index (χ0n) is 9.81. The molecule has 0 aliphatic carbocycles. The van der Waals surface area contributed by atoms with Gasteiger partial charge in [0.25, 0.3) is 0 Å². The van der Waals surface area contributed by atoms with Crippen LogP contribution < -0.4 is 16.0 Å². The Labute approximate surface area is 108 Å². The smallest absolute Gasteiger partial charge is 0.310 e. The lowest BCUT2D eigenvalue weighted by Gasteiger charge is -2.06. The topological polar surface area (TPSA) is 116 Å². The number of nitrogens with zero attached hydrogens (tertiary/aromatic N) is 3. The first-order chi connectivity index (χ1) is 9.20. The summed E-state index contributed by atoms with van der Waals surface area (Å²) in [5.74, 6) is 5.77. The third kappa shape index (κ3) is 3.13. The largest absolute Gasteiger partial charge is 0.480 e. The molecule has 0 aliphatic heterocycles. The number of aromatic nitrogens is 2. The predicted octanol–water partition coefficient (Wildman–Crippen LogP) is 1.25. The second-order valence-corrected chi connectivity index (χ2v) is 3.55. The van der Waals surface area contributed by atoms with Crippen LogP contribution in [0.5, 0.6) is 5.75 Å². The molecule has 3 N–H and O–H groups in total. The Bertz CT molecular complexity index is 573. The number of hydrogen-bond donors (Lipinski definition) is 2. The summed E-state index contributed by atoms with van der Waals surface area (Å²) in [7, 11) is 0. The predicted molar refractivity (Wildman–Crippen MR) is 67.3 cm³/mol.